The normalized spacial score (nSPS) is 16.2. The van der Waals surface area contributed by atoms with Gasteiger partial charge >= 0.3 is 5.97 Å². The fraction of sp³-hybridized carbons (Fsp3) is 0.211. The lowest BCUT2D eigenvalue weighted by atomic mass is 10.1. The molecule has 1 aliphatic heterocycles. The number of carbonyl (C=O) groups excluding carboxylic acids is 3. The molecule has 0 saturated carbocycles. The highest BCUT2D eigenvalue weighted by molar-refractivity contribution is 9.10. The summed E-state index contributed by atoms with van der Waals surface area (Å²) in [5, 5.41) is 2.75. The molecule has 2 aromatic carbocycles. The van der Waals surface area contributed by atoms with Gasteiger partial charge in [0.05, 0.1) is 16.9 Å². The molecule has 0 spiro atoms. The van der Waals surface area contributed by atoms with Crippen molar-refractivity contribution < 1.29 is 23.5 Å². The minimum atomic E-state index is -0.938. The molecule has 1 unspecified atom stereocenters. The van der Waals surface area contributed by atoms with E-state index in [1.165, 1.54) is 17.0 Å². The number of carbonyl (C=O) groups is 3. The van der Waals surface area contributed by atoms with Gasteiger partial charge < -0.3 is 15.0 Å². The zero-order valence-electron chi connectivity index (χ0n) is 14.4. The maximum Gasteiger partial charge on any atom is 0.341 e. The molecule has 1 heterocycles. The Labute approximate surface area is 163 Å². The van der Waals surface area contributed by atoms with Gasteiger partial charge in [0.2, 0.25) is 5.91 Å². The van der Waals surface area contributed by atoms with Crippen LogP contribution in [0.4, 0.5) is 15.8 Å². The number of esters is 1. The number of rotatable bonds is 3. The van der Waals surface area contributed by atoms with E-state index < -0.39 is 30.3 Å². The quantitative estimate of drug-likeness (QED) is 0.749. The SMILES string of the molecule is CC1CC(=O)Nc2ccccc2N1C(=O)COC(=O)c1cc(Br)ccc1F. The van der Waals surface area contributed by atoms with E-state index in [4.69, 9.17) is 4.74 Å². The molecule has 27 heavy (non-hydrogen) atoms. The number of hydrogen-bond donors (Lipinski definition) is 1. The summed E-state index contributed by atoms with van der Waals surface area (Å²) in [5.41, 5.74) is 0.758. The standard InChI is InChI=1S/C19H16BrFN2O4/c1-11-8-17(24)22-15-4-2-3-5-16(15)23(11)18(25)10-27-19(26)13-9-12(20)6-7-14(13)21/h2-7,9,11H,8,10H2,1H3,(H,22,24). The van der Waals surface area contributed by atoms with Gasteiger partial charge in [0, 0.05) is 16.9 Å². The summed E-state index contributed by atoms with van der Waals surface area (Å²) in [6.07, 6.45) is 0.106. The van der Waals surface area contributed by atoms with Crippen LogP contribution in [-0.4, -0.2) is 30.4 Å². The zero-order valence-corrected chi connectivity index (χ0v) is 16.0. The largest absolute Gasteiger partial charge is 0.452 e. The summed E-state index contributed by atoms with van der Waals surface area (Å²) in [6.45, 7) is 1.16. The Kier molecular flexibility index (Phi) is 5.55. The molecule has 3 rings (SSSR count). The molecule has 8 heteroatoms. The number of anilines is 2. The lowest BCUT2D eigenvalue weighted by molar-refractivity contribution is -0.122. The zero-order chi connectivity index (χ0) is 19.6. The van der Waals surface area contributed by atoms with Gasteiger partial charge in [0.15, 0.2) is 6.61 Å². The second-order valence-corrected chi connectivity index (χ2v) is 7.00. The Morgan fingerprint density at radius 1 is 1.30 bits per heavy atom. The number of para-hydroxylation sites is 2. The van der Waals surface area contributed by atoms with E-state index in [9.17, 15) is 18.8 Å². The van der Waals surface area contributed by atoms with Crippen LogP contribution in [0.1, 0.15) is 23.7 Å². The summed E-state index contributed by atoms with van der Waals surface area (Å²) >= 11 is 3.16. The smallest absolute Gasteiger partial charge is 0.341 e. The monoisotopic (exact) mass is 434 g/mol. The van der Waals surface area contributed by atoms with Gasteiger partial charge in [0.1, 0.15) is 5.82 Å². The number of hydrogen-bond acceptors (Lipinski definition) is 4. The molecule has 2 amide bonds. The summed E-state index contributed by atoms with van der Waals surface area (Å²) in [7, 11) is 0. The molecular formula is C19H16BrFN2O4. The number of fused-ring (bicyclic) bond motifs is 1. The lowest BCUT2D eigenvalue weighted by Crippen LogP contribution is -2.41. The molecule has 140 valence electrons. The molecule has 6 nitrogen and oxygen atoms in total. The Morgan fingerprint density at radius 3 is 2.81 bits per heavy atom. The highest BCUT2D eigenvalue weighted by Gasteiger charge is 2.30. The molecule has 0 aliphatic carbocycles. The van der Waals surface area contributed by atoms with E-state index >= 15 is 0 Å². The first-order valence-electron chi connectivity index (χ1n) is 8.20. The van der Waals surface area contributed by atoms with Crippen LogP contribution in [0.15, 0.2) is 46.9 Å². The van der Waals surface area contributed by atoms with E-state index in [-0.39, 0.29) is 17.9 Å². The van der Waals surface area contributed by atoms with Crippen molar-refractivity contribution in [1.82, 2.24) is 0 Å². The van der Waals surface area contributed by atoms with Gasteiger partial charge in [-0.3, -0.25) is 9.59 Å². The van der Waals surface area contributed by atoms with Crippen molar-refractivity contribution >= 4 is 45.1 Å². The molecule has 0 radical (unpaired) electrons. The van der Waals surface area contributed by atoms with Gasteiger partial charge in [-0.1, -0.05) is 28.1 Å². The summed E-state index contributed by atoms with van der Waals surface area (Å²) in [4.78, 5) is 38.2. The first-order chi connectivity index (χ1) is 12.9. The second kappa shape index (κ2) is 7.87. The third-order valence-corrected chi connectivity index (χ3v) is 4.60. The Bertz CT molecular complexity index is 918. The molecule has 0 aromatic heterocycles. The minimum absolute atomic E-state index is 0.106. The van der Waals surface area contributed by atoms with Crippen LogP contribution >= 0.6 is 15.9 Å². The molecular weight excluding hydrogens is 419 g/mol. The van der Waals surface area contributed by atoms with Crippen molar-refractivity contribution in [1.29, 1.82) is 0 Å². The highest BCUT2D eigenvalue weighted by Crippen LogP contribution is 2.31. The van der Waals surface area contributed by atoms with Crippen molar-refractivity contribution in [3.8, 4) is 0 Å². The topological polar surface area (TPSA) is 75.7 Å². The van der Waals surface area contributed by atoms with E-state index in [1.54, 1.807) is 31.2 Å². The maximum atomic E-state index is 13.8. The van der Waals surface area contributed by atoms with E-state index in [1.807, 2.05) is 0 Å². The lowest BCUT2D eigenvalue weighted by Gasteiger charge is -2.27. The summed E-state index contributed by atoms with van der Waals surface area (Å²) < 4.78 is 19.3. The summed E-state index contributed by atoms with van der Waals surface area (Å²) in [5.74, 6) is -2.39. The number of nitrogens with one attached hydrogen (secondary N) is 1. The number of ether oxygens (including phenoxy) is 1. The Morgan fingerprint density at radius 2 is 2.04 bits per heavy atom. The fourth-order valence-electron chi connectivity index (χ4n) is 2.90. The third kappa shape index (κ3) is 4.16. The van der Waals surface area contributed by atoms with Crippen molar-refractivity contribution in [2.75, 3.05) is 16.8 Å². The Hall–Kier alpha value is -2.74. The highest BCUT2D eigenvalue weighted by atomic mass is 79.9. The minimum Gasteiger partial charge on any atom is -0.452 e. The second-order valence-electron chi connectivity index (χ2n) is 6.08. The van der Waals surface area contributed by atoms with Crippen LogP contribution in [0, 0.1) is 5.82 Å². The third-order valence-electron chi connectivity index (χ3n) is 4.10. The van der Waals surface area contributed by atoms with E-state index in [0.717, 1.165) is 6.07 Å². The molecule has 0 saturated heterocycles. The number of benzene rings is 2. The van der Waals surface area contributed by atoms with Crippen LogP contribution in [-0.2, 0) is 14.3 Å². The first-order valence-corrected chi connectivity index (χ1v) is 8.99. The average molecular weight is 435 g/mol. The first kappa shape index (κ1) is 19.0. The van der Waals surface area contributed by atoms with Gasteiger partial charge in [-0.2, -0.15) is 0 Å². The molecule has 1 aliphatic rings. The van der Waals surface area contributed by atoms with E-state index in [2.05, 4.69) is 21.2 Å². The average Bonchev–Trinajstić information content (AvgIpc) is 2.75. The van der Waals surface area contributed by atoms with Gasteiger partial charge in [0.25, 0.3) is 5.91 Å². The molecule has 2 aromatic rings. The Balaban J connectivity index is 1.78. The number of halogens is 2. The van der Waals surface area contributed by atoms with Crippen LogP contribution in [0.25, 0.3) is 0 Å². The van der Waals surface area contributed by atoms with Crippen LogP contribution in [0.2, 0.25) is 0 Å². The van der Waals surface area contributed by atoms with Crippen molar-refractivity contribution in [3.63, 3.8) is 0 Å². The van der Waals surface area contributed by atoms with E-state index in [0.29, 0.717) is 15.8 Å². The van der Waals surface area contributed by atoms with Crippen LogP contribution in [0.5, 0.6) is 0 Å². The molecule has 1 N–H and O–H groups in total. The van der Waals surface area contributed by atoms with Crippen molar-refractivity contribution in [2.24, 2.45) is 0 Å². The number of nitrogens with zero attached hydrogens (tertiary/aromatic N) is 1. The van der Waals surface area contributed by atoms with Crippen molar-refractivity contribution in [2.45, 2.75) is 19.4 Å². The summed E-state index contributed by atoms with van der Waals surface area (Å²) in [6, 6.07) is 10.3. The molecule has 0 fully saturated rings. The van der Waals surface area contributed by atoms with Gasteiger partial charge in [-0.05, 0) is 37.3 Å². The molecule has 1 atom stereocenters. The predicted octanol–water partition coefficient (Wildman–Crippen LogP) is 3.51. The predicted molar refractivity (Wildman–Crippen MR) is 101 cm³/mol. The number of amides is 2. The van der Waals surface area contributed by atoms with Crippen molar-refractivity contribution in [3.05, 3.63) is 58.3 Å². The van der Waals surface area contributed by atoms with Gasteiger partial charge in [-0.25, -0.2) is 9.18 Å². The maximum absolute atomic E-state index is 13.8. The van der Waals surface area contributed by atoms with Crippen LogP contribution < -0.4 is 10.2 Å². The van der Waals surface area contributed by atoms with Gasteiger partial charge in [-0.15, -0.1) is 0 Å². The molecule has 0 bridgehead atoms. The van der Waals surface area contributed by atoms with Crippen LogP contribution in [0.3, 0.4) is 0 Å². The fourth-order valence-corrected chi connectivity index (χ4v) is 3.26.